The Morgan fingerprint density at radius 3 is 2.73 bits per heavy atom. The summed E-state index contributed by atoms with van der Waals surface area (Å²) in [6, 6.07) is 0.334. The second-order valence-corrected chi connectivity index (χ2v) is 3.89. The zero-order valence-electron chi connectivity index (χ0n) is 7.42. The summed E-state index contributed by atoms with van der Waals surface area (Å²) in [5.74, 6) is 0. The van der Waals surface area contributed by atoms with Crippen LogP contribution in [0.4, 0.5) is 0 Å². The van der Waals surface area contributed by atoms with Crippen LogP contribution in [-0.2, 0) is 4.79 Å². The predicted molar refractivity (Wildman–Crippen MR) is 44.3 cm³/mol. The number of hydrogen-bond acceptors (Lipinski definition) is 2. The molecule has 3 heteroatoms. The predicted octanol–water partition coefficient (Wildman–Crippen LogP) is 0.215. The minimum Gasteiger partial charge on any atom is -0.339 e. The molecule has 1 aliphatic rings. The smallest absolute Gasteiger partial charge is 0.210 e. The van der Waals surface area contributed by atoms with Crippen molar-refractivity contribution in [1.29, 1.82) is 0 Å². The zero-order chi connectivity index (χ0) is 8.48. The number of amides is 1. The summed E-state index contributed by atoms with van der Waals surface area (Å²) < 4.78 is 0. The molecule has 0 aromatic carbocycles. The first-order chi connectivity index (χ1) is 5.05. The van der Waals surface area contributed by atoms with E-state index in [1.54, 1.807) is 0 Å². The van der Waals surface area contributed by atoms with Crippen LogP contribution in [0.2, 0.25) is 0 Å². The molecule has 0 bridgehead atoms. The van der Waals surface area contributed by atoms with Crippen molar-refractivity contribution in [2.45, 2.75) is 32.4 Å². The molecule has 3 nitrogen and oxygen atoms in total. The van der Waals surface area contributed by atoms with Gasteiger partial charge in [0.05, 0.1) is 0 Å². The van der Waals surface area contributed by atoms with Crippen LogP contribution in [-0.4, -0.2) is 36.0 Å². The second-order valence-electron chi connectivity index (χ2n) is 3.89. The van der Waals surface area contributed by atoms with Gasteiger partial charge < -0.3 is 10.2 Å². The van der Waals surface area contributed by atoms with E-state index in [1.807, 2.05) is 4.90 Å². The van der Waals surface area contributed by atoms with Gasteiger partial charge in [-0.2, -0.15) is 0 Å². The van der Waals surface area contributed by atoms with Gasteiger partial charge in [0.2, 0.25) is 6.41 Å². The standard InChI is InChI=1S/C8H16N2O/c1-7-4-9-8(2,3)5-10(7)6-11/h6-7,9H,4-5H2,1-3H3. The van der Waals surface area contributed by atoms with E-state index >= 15 is 0 Å². The van der Waals surface area contributed by atoms with E-state index < -0.39 is 0 Å². The molecule has 0 aliphatic carbocycles. The number of rotatable bonds is 1. The third-order valence-corrected chi connectivity index (χ3v) is 2.16. The average Bonchev–Trinajstić information content (AvgIpc) is 1.94. The molecule has 1 saturated heterocycles. The van der Waals surface area contributed by atoms with Crippen LogP contribution in [0, 0.1) is 0 Å². The van der Waals surface area contributed by atoms with Crippen molar-refractivity contribution < 1.29 is 4.79 Å². The molecule has 1 fully saturated rings. The Morgan fingerprint density at radius 1 is 1.64 bits per heavy atom. The molecule has 1 unspecified atom stereocenters. The molecular weight excluding hydrogens is 140 g/mol. The van der Waals surface area contributed by atoms with Crippen molar-refractivity contribution in [3.05, 3.63) is 0 Å². The summed E-state index contributed by atoms with van der Waals surface area (Å²) in [6.45, 7) is 7.96. The Kier molecular flexibility index (Phi) is 2.18. The van der Waals surface area contributed by atoms with E-state index in [9.17, 15) is 4.79 Å². The van der Waals surface area contributed by atoms with Crippen molar-refractivity contribution >= 4 is 6.41 Å². The number of hydrogen-bond donors (Lipinski definition) is 1. The van der Waals surface area contributed by atoms with Crippen molar-refractivity contribution in [2.75, 3.05) is 13.1 Å². The van der Waals surface area contributed by atoms with Crippen LogP contribution in [0.5, 0.6) is 0 Å². The summed E-state index contributed by atoms with van der Waals surface area (Å²) >= 11 is 0. The van der Waals surface area contributed by atoms with E-state index in [-0.39, 0.29) is 5.54 Å². The molecule has 1 rings (SSSR count). The highest BCUT2D eigenvalue weighted by Crippen LogP contribution is 2.12. The summed E-state index contributed by atoms with van der Waals surface area (Å²) in [6.07, 6.45) is 0.938. The van der Waals surface area contributed by atoms with Crippen LogP contribution >= 0.6 is 0 Å². The van der Waals surface area contributed by atoms with E-state index in [0.717, 1.165) is 19.5 Å². The summed E-state index contributed by atoms with van der Waals surface area (Å²) in [5, 5.41) is 3.37. The highest BCUT2D eigenvalue weighted by Gasteiger charge is 2.28. The number of nitrogens with one attached hydrogen (secondary N) is 1. The largest absolute Gasteiger partial charge is 0.339 e. The van der Waals surface area contributed by atoms with Crippen molar-refractivity contribution in [1.82, 2.24) is 10.2 Å². The van der Waals surface area contributed by atoms with Gasteiger partial charge in [0.1, 0.15) is 0 Å². The normalized spacial score (nSPS) is 30.1. The van der Waals surface area contributed by atoms with Crippen molar-refractivity contribution in [2.24, 2.45) is 0 Å². The van der Waals surface area contributed by atoms with Crippen molar-refractivity contribution in [3.8, 4) is 0 Å². The first-order valence-electron chi connectivity index (χ1n) is 4.01. The van der Waals surface area contributed by atoms with Crippen LogP contribution < -0.4 is 5.32 Å². The molecule has 64 valence electrons. The molecule has 0 saturated carbocycles. The Bertz CT molecular complexity index is 156. The highest BCUT2D eigenvalue weighted by atomic mass is 16.1. The maximum atomic E-state index is 10.6. The lowest BCUT2D eigenvalue weighted by atomic mass is 10.0. The van der Waals surface area contributed by atoms with Gasteiger partial charge in [-0.05, 0) is 20.8 Å². The minimum absolute atomic E-state index is 0.0768. The first-order valence-corrected chi connectivity index (χ1v) is 4.01. The molecular formula is C8H16N2O. The van der Waals surface area contributed by atoms with Crippen LogP contribution in [0.25, 0.3) is 0 Å². The lowest BCUT2D eigenvalue weighted by Gasteiger charge is -2.41. The van der Waals surface area contributed by atoms with Crippen LogP contribution in [0.15, 0.2) is 0 Å². The van der Waals surface area contributed by atoms with Gasteiger partial charge >= 0.3 is 0 Å². The van der Waals surface area contributed by atoms with E-state index in [1.165, 1.54) is 0 Å². The Morgan fingerprint density at radius 2 is 2.27 bits per heavy atom. The molecule has 11 heavy (non-hydrogen) atoms. The maximum Gasteiger partial charge on any atom is 0.210 e. The Balaban J connectivity index is 2.58. The summed E-state index contributed by atoms with van der Waals surface area (Å²) in [5.41, 5.74) is 0.0768. The fourth-order valence-electron chi connectivity index (χ4n) is 1.35. The number of nitrogens with zero attached hydrogens (tertiary/aromatic N) is 1. The van der Waals surface area contributed by atoms with Gasteiger partial charge in [0, 0.05) is 24.7 Å². The summed E-state index contributed by atoms with van der Waals surface area (Å²) in [7, 11) is 0. The SMILES string of the molecule is CC1CNC(C)(C)CN1C=O. The third-order valence-electron chi connectivity index (χ3n) is 2.16. The second kappa shape index (κ2) is 2.81. The molecule has 0 spiro atoms. The van der Waals surface area contributed by atoms with Gasteiger partial charge in [-0.15, -0.1) is 0 Å². The van der Waals surface area contributed by atoms with Crippen LogP contribution in [0.3, 0.4) is 0 Å². The number of carbonyl (C=O) groups excluding carboxylic acids is 1. The molecule has 1 aliphatic heterocycles. The summed E-state index contributed by atoms with van der Waals surface area (Å²) in [4.78, 5) is 12.4. The molecule has 0 aromatic rings. The quantitative estimate of drug-likeness (QED) is 0.551. The topological polar surface area (TPSA) is 32.3 Å². The van der Waals surface area contributed by atoms with Gasteiger partial charge in [-0.25, -0.2) is 0 Å². The first kappa shape index (κ1) is 8.53. The average molecular weight is 156 g/mol. The molecule has 0 radical (unpaired) electrons. The molecule has 1 amide bonds. The minimum atomic E-state index is 0.0768. The van der Waals surface area contributed by atoms with E-state index in [0.29, 0.717) is 6.04 Å². The van der Waals surface area contributed by atoms with Crippen molar-refractivity contribution in [3.63, 3.8) is 0 Å². The number of carbonyl (C=O) groups is 1. The molecule has 0 aromatic heterocycles. The van der Waals surface area contributed by atoms with Gasteiger partial charge in [-0.3, -0.25) is 4.79 Å². The third kappa shape index (κ3) is 1.93. The lowest BCUT2D eigenvalue weighted by molar-refractivity contribution is -0.122. The molecule has 1 heterocycles. The fraction of sp³-hybridized carbons (Fsp3) is 0.875. The highest BCUT2D eigenvalue weighted by molar-refractivity contribution is 5.48. The van der Waals surface area contributed by atoms with Gasteiger partial charge in [0.15, 0.2) is 0 Å². The fourth-order valence-corrected chi connectivity index (χ4v) is 1.35. The Labute approximate surface area is 67.8 Å². The van der Waals surface area contributed by atoms with E-state index in [4.69, 9.17) is 0 Å². The van der Waals surface area contributed by atoms with Gasteiger partial charge in [-0.1, -0.05) is 0 Å². The number of piperazine rings is 1. The molecule has 1 N–H and O–H groups in total. The maximum absolute atomic E-state index is 10.6. The van der Waals surface area contributed by atoms with E-state index in [2.05, 4.69) is 26.1 Å². The van der Waals surface area contributed by atoms with Crippen LogP contribution in [0.1, 0.15) is 20.8 Å². The Hall–Kier alpha value is -0.570. The molecule has 1 atom stereocenters. The van der Waals surface area contributed by atoms with Gasteiger partial charge in [0.25, 0.3) is 0 Å². The lowest BCUT2D eigenvalue weighted by Crippen LogP contribution is -2.60. The monoisotopic (exact) mass is 156 g/mol. The zero-order valence-corrected chi connectivity index (χ0v) is 7.42.